The molecule has 0 bridgehead atoms. The number of fused-ring (bicyclic) bond motifs is 1. The normalized spacial score (nSPS) is 13.6. The van der Waals surface area contributed by atoms with E-state index in [4.69, 9.17) is 9.47 Å². The van der Waals surface area contributed by atoms with Crippen LogP contribution in [0.25, 0.3) is 10.9 Å². The highest BCUT2D eigenvalue weighted by molar-refractivity contribution is 6.02. The fourth-order valence-electron chi connectivity index (χ4n) is 4.04. The standard InChI is InChI=1S/C26H30N4O4/c1-4-29(26(32)23-15-19-5-10-22(33-3)16-24(19)27-18(23)2)17-25(31)28-20-6-8-21(9-7-20)30-11-13-34-14-12-30/h5-10,15-16H,4,11-14,17H2,1-3H3,(H,28,31). The Morgan fingerprint density at radius 1 is 1.12 bits per heavy atom. The van der Waals surface area contributed by atoms with Crippen LogP contribution in [0.4, 0.5) is 11.4 Å². The number of carbonyl (C=O) groups excluding carboxylic acids is 2. The molecule has 178 valence electrons. The maximum Gasteiger partial charge on any atom is 0.256 e. The van der Waals surface area contributed by atoms with Crippen LogP contribution in [-0.2, 0) is 9.53 Å². The van der Waals surface area contributed by atoms with Crippen LogP contribution in [0.1, 0.15) is 23.0 Å². The summed E-state index contributed by atoms with van der Waals surface area (Å²) in [6.45, 7) is 7.18. The number of nitrogens with one attached hydrogen (secondary N) is 1. The zero-order valence-electron chi connectivity index (χ0n) is 19.8. The molecule has 1 N–H and O–H groups in total. The molecule has 0 saturated carbocycles. The van der Waals surface area contributed by atoms with Crippen LogP contribution >= 0.6 is 0 Å². The number of morpholine rings is 1. The predicted octanol–water partition coefficient (Wildman–Crippen LogP) is 3.49. The number of aryl methyl sites for hydroxylation is 1. The Hall–Kier alpha value is -3.65. The van der Waals surface area contributed by atoms with Gasteiger partial charge in [-0.1, -0.05) is 0 Å². The summed E-state index contributed by atoms with van der Waals surface area (Å²) in [6.07, 6.45) is 0. The molecule has 0 spiro atoms. The summed E-state index contributed by atoms with van der Waals surface area (Å²) in [7, 11) is 1.61. The Bertz CT molecular complexity index is 1170. The molecule has 4 rings (SSSR count). The molecule has 2 aromatic carbocycles. The lowest BCUT2D eigenvalue weighted by molar-refractivity contribution is -0.116. The number of benzene rings is 2. The molecule has 0 unspecified atom stereocenters. The van der Waals surface area contributed by atoms with Gasteiger partial charge in [0.1, 0.15) is 12.3 Å². The monoisotopic (exact) mass is 462 g/mol. The van der Waals surface area contributed by atoms with E-state index in [0.29, 0.717) is 29.2 Å². The molecule has 1 aliphatic rings. The van der Waals surface area contributed by atoms with Gasteiger partial charge in [-0.05, 0) is 56.3 Å². The van der Waals surface area contributed by atoms with E-state index in [1.165, 1.54) is 4.90 Å². The third-order valence-electron chi connectivity index (χ3n) is 5.98. The van der Waals surface area contributed by atoms with Gasteiger partial charge in [-0.15, -0.1) is 0 Å². The highest BCUT2D eigenvalue weighted by Gasteiger charge is 2.21. The largest absolute Gasteiger partial charge is 0.497 e. The third-order valence-corrected chi connectivity index (χ3v) is 5.98. The van der Waals surface area contributed by atoms with Crippen molar-refractivity contribution in [1.82, 2.24) is 9.88 Å². The topological polar surface area (TPSA) is 84.0 Å². The Balaban J connectivity index is 1.42. The summed E-state index contributed by atoms with van der Waals surface area (Å²) in [5.41, 5.74) is 3.66. The summed E-state index contributed by atoms with van der Waals surface area (Å²) in [5, 5.41) is 3.74. The van der Waals surface area contributed by atoms with E-state index in [9.17, 15) is 9.59 Å². The number of likely N-dealkylation sites (N-methyl/N-ethyl adjacent to an activating group) is 1. The highest BCUT2D eigenvalue weighted by atomic mass is 16.5. The van der Waals surface area contributed by atoms with Crippen LogP contribution in [0.3, 0.4) is 0 Å². The second-order valence-corrected chi connectivity index (χ2v) is 8.19. The molecule has 34 heavy (non-hydrogen) atoms. The van der Waals surface area contributed by atoms with E-state index in [1.54, 1.807) is 14.0 Å². The van der Waals surface area contributed by atoms with Gasteiger partial charge in [-0.3, -0.25) is 14.6 Å². The highest BCUT2D eigenvalue weighted by Crippen LogP contribution is 2.23. The first-order valence-electron chi connectivity index (χ1n) is 11.5. The molecule has 8 nitrogen and oxygen atoms in total. The minimum Gasteiger partial charge on any atom is -0.497 e. The number of hydrogen-bond donors (Lipinski definition) is 1. The number of nitrogens with zero attached hydrogens (tertiary/aromatic N) is 3. The fourth-order valence-corrected chi connectivity index (χ4v) is 4.04. The average Bonchev–Trinajstić information content (AvgIpc) is 2.87. The number of ether oxygens (including phenoxy) is 2. The molecule has 2 amide bonds. The van der Waals surface area contributed by atoms with E-state index >= 15 is 0 Å². The molecular formula is C26H30N4O4. The number of anilines is 2. The number of methoxy groups -OCH3 is 1. The first kappa shape index (κ1) is 23.5. The number of carbonyl (C=O) groups is 2. The van der Waals surface area contributed by atoms with Crippen LogP contribution in [0.5, 0.6) is 5.75 Å². The third kappa shape index (κ3) is 5.28. The molecule has 8 heteroatoms. The Morgan fingerprint density at radius 2 is 1.85 bits per heavy atom. The number of amides is 2. The van der Waals surface area contributed by atoms with Crippen molar-refractivity contribution < 1.29 is 19.1 Å². The van der Waals surface area contributed by atoms with Gasteiger partial charge in [0.25, 0.3) is 5.91 Å². The van der Waals surface area contributed by atoms with Crippen LogP contribution < -0.4 is 15.0 Å². The van der Waals surface area contributed by atoms with Gasteiger partial charge in [0, 0.05) is 42.5 Å². The summed E-state index contributed by atoms with van der Waals surface area (Å²) >= 11 is 0. The second kappa shape index (κ2) is 10.5. The molecule has 1 aromatic heterocycles. The molecule has 0 radical (unpaired) electrons. The van der Waals surface area contributed by atoms with Crippen LogP contribution in [0.15, 0.2) is 48.5 Å². The number of rotatable bonds is 7. The zero-order valence-corrected chi connectivity index (χ0v) is 19.8. The van der Waals surface area contributed by atoms with Crippen LogP contribution in [0.2, 0.25) is 0 Å². The minimum absolute atomic E-state index is 0.0410. The van der Waals surface area contributed by atoms with E-state index in [-0.39, 0.29) is 18.4 Å². The van der Waals surface area contributed by atoms with Crippen molar-refractivity contribution in [2.45, 2.75) is 13.8 Å². The van der Waals surface area contributed by atoms with Gasteiger partial charge >= 0.3 is 0 Å². The van der Waals surface area contributed by atoms with Crippen molar-refractivity contribution in [3.05, 3.63) is 59.8 Å². The van der Waals surface area contributed by atoms with Gasteiger partial charge in [-0.25, -0.2) is 0 Å². The fraction of sp³-hybridized carbons (Fsp3) is 0.346. The van der Waals surface area contributed by atoms with Crippen molar-refractivity contribution in [1.29, 1.82) is 0 Å². The number of hydrogen-bond acceptors (Lipinski definition) is 6. The summed E-state index contributed by atoms with van der Waals surface area (Å²) in [4.78, 5) is 34.3. The van der Waals surface area contributed by atoms with Crippen molar-refractivity contribution in [3.63, 3.8) is 0 Å². The molecule has 1 fully saturated rings. The first-order valence-corrected chi connectivity index (χ1v) is 11.5. The van der Waals surface area contributed by atoms with Crippen LogP contribution in [0, 0.1) is 6.92 Å². The van der Waals surface area contributed by atoms with E-state index in [2.05, 4.69) is 15.2 Å². The van der Waals surface area contributed by atoms with Gasteiger partial charge in [-0.2, -0.15) is 0 Å². The molecule has 1 saturated heterocycles. The quantitative estimate of drug-likeness (QED) is 0.579. The average molecular weight is 463 g/mol. The van der Waals surface area contributed by atoms with Crippen molar-refractivity contribution in [3.8, 4) is 5.75 Å². The lowest BCUT2D eigenvalue weighted by Gasteiger charge is -2.29. The number of pyridine rings is 1. The van der Waals surface area contributed by atoms with Crippen LogP contribution in [-0.4, -0.2) is 68.2 Å². The van der Waals surface area contributed by atoms with Gasteiger partial charge in [0.2, 0.25) is 5.91 Å². The SMILES string of the molecule is CCN(CC(=O)Nc1ccc(N2CCOCC2)cc1)C(=O)c1cc2ccc(OC)cc2nc1C. The maximum absolute atomic E-state index is 13.2. The molecule has 0 atom stereocenters. The van der Waals surface area contributed by atoms with Crippen molar-refractivity contribution >= 4 is 34.1 Å². The molecule has 1 aliphatic heterocycles. The smallest absolute Gasteiger partial charge is 0.256 e. The second-order valence-electron chi connectivity index (χ2n) is 8.19. The van der Waals surface area contributed by atoms with E-state index < -0.39 is 0 Å². The number of aromatic nitrogens is 1. The lowest BCUT2D eigenvalue weighted by atomic mass is 10.1. The Kier molecular flexibility index (Phi) is 7.27. The minimum atomic E-state index is -0.245. The first-order chi connectivity index (χ1) is 16.5. The van der Waals surface area contributed by atoms with Gasteiger partial charge in [0.15, 0.2) is 0 Å². The van der Waals surface area contributed by atoms with Gasteiger partial charge in [0.05, 0.1) is 37.1 Å². The summed E-state index contributed by atoms with van der Waals surface area (Å²) < 4.78 is 10.7. The summed E-state index contributed by atoms with van der Waals surface area (Å²) in [5.74, 6) is 0.247. The maximum atomic E-state index is 13.2. The van der Waals surface area contributed by atoms with E-state index in [1.807, 2.05) is 55.5 Å². The predicted molar refractivity (Wildman–Crippen MR) is 133 cm³/mol. The Labute approximate surface area is 199 Å². The summed E-state index contributed by atoms with van der Waals surface area (Å²) in [6, 6.07) is 15.1. The van der Waals surface area contributed by atoms with Crippen molar-refractivity contribution in [2.24, 2.45) is 0 Å². The Morgan fingerprint density at radius 3 is 2.53 bits per heavy atom. The van der Waals surface area contributed by atoms with Crippen molar-refractivity contribution in [2.75, 3.05) is 56.7 Å². The molecule has 0 aliphatic carbocycles. The molecule has 2 heterocycles. The lowest BCUT2D eigenvalue weighted by Crippen LogP contribution is -2.38. The zero-order chi connectivity index (χ0) is 24.1. The molecular weight excluding hydrogens is 432 g/mol. The molecule has 3 aromatic rings. The van der Waals surface area contributed by atoms with Gasteiger partial charge < -0.3 is 24.6 Å². The van der Waals surface area contributed by atoms with E-state index in [0.717, 1.165) is 42.9 Å².